The van der Waals surface area contributed by atoms with Crippen LogP contribution in [0, 0.1) is 19.8 Å². The fourth-order valence-electron chi connectivity index (χ4n) is 3.35. The van der Waals surface area contributed by atoms with E-state index in [0.29, 0.717) is 12.5 Å². The van der Waals surface area contributed by atoms with Crippen LogP contribution in [0.2, 0.25) is 0 Å². The molecule has 1 amide bonds. The van der Waals surface area contributed by atoms with Gasteiger partial charge in [-0.1, -0.05) is 17.7 Å². The van der Waals surface area contributed by atoms with Crippen molar-refractivity contribution in [3.05, 3.63) is 47.8 Å². The zero-order valence-corrected chi connectivity index (χ0v) is 14.5. The van der Waals surface area contributed by atoms with Crippen molar-refractivity contribution in [1.29, 1.82) is 0 Å². The molecule has 1 saturated heterocycles. The third-order valence-electron chi connectivity index (χ3n) is 4.73. The molecule has 1 fully saturated rings. The zero-order chi connectivity index (χ0) is 16.9. The molecule has 0 saturated carbocycles. The molecule has 0 radical (unpaired) electrons. The van der Waals surface area contributed by atoms with E-state index in [1.165, 1.54) is 5.56 Å². The predicted octanol–water partition coefficient (Wildman–Crippen LogP) is 2.85. The normalized spacial score (nSPS) is 16.2. The lowest BCUT2D eigenvalue weighted by Gasteiger charge is -2.31. The summed E-state index contributed by atoms with van der Waals surface area (Å²) in [6.45, 7) is 7.51. The van der Waals surface area contributed by atoms with Crippen LogP contribution in [-0.4, -0.2) is 40.2 Å². The van der Waals surface area contributed by atoms with Crippen LogP contribution in [0.4, 0.5) is 5.69 Å². The number of likely N-dealkylation sites (tertiary alicyclic amines) is 1. The van der Waals surface area contributed by atoms with Crippen LogP contribution in [0.1, 0.15) is 24.0 Å². The molecule has 0 spiro atoms. The number of carbonyl (C=O) groups is 1. The molecule has 3 rings (SSSR count). The Bertz CT molecular complexity index is 673. The molecule has 0 unspecified atom stereocenters. The van der Waals surface area contributed by atoms with Crippen LogP contribution < -0.4 is 5.32 Å². The maximum absolute atomic E-state index is 12.3. The van der Waals surface area contributed by atoms with E-state index in [-0.39, 0.29) is 5.91 Å². The minimum atomic E-state index is 0.0764. The molecule has 1 aliphatic heterocycles. The van der Waals surface area contributed by atoms with E-state index in [2.05, 4.69) is 28.3 Å². The first-order valence-electron chi connectivity index (χ1n) is 8.67. The van der Waals surface area contributed by atoms with Crippen molar-refractivity contribution in [1.82, 2.24) is 14.7 Å². The van der Waals surface area contributed by atoms with Crippen molar-refractivity contribution in [2.24, 2.45) is 5.92 Å². The maximum atomic E-state index is 12.3. The van der Waals surface area contributed by atoms with Crippen molar-refractivity contribution >= 4 is 11.6 Å². The van der Waals surface area contributed by atoms with Gasteiger partial charge >= 0.3 is 0 Å². The molecule has 5 nitrogen and oxygen atoms in total. The molecule has 0 aliphatic carbocycles. The number of piperidine rings is 1. The number of hydrogen-bond donors (Lipinski definition) is 1. The van der Waals surface area contributed by atoms with Gasteiger partial charge < -0.3 is 5.32 Å². The number of aryl methyl sites for hydroxylation is 2. The largest absolute Gasteiger partial charge is 0.325 e. The summed E-state index contributed by atoms with van der Waals surface area (Å²) >= 11 is 0. The van der Waals surface area contributed by atoms with E-state index >= 15 is 0 Å². The van der Waals surface area contributed by atoms with Gasteiger partial charge in [0.05, 0.1) is 6.54 Å². The Morgan fingerprint density at radius 2 is 2.08 bits per heavy atom. The zero-order valence-electron chi connectivity index (χ0n) is 14.5. The van der Waals surface area contributed by atoms with Crippen LogP contribution in [-0.2, 0) is 11.3 Å². The van der Waals surface area contributed by atoms with Crippen LogP contribution >= 0.6 is 0 Å². The molecule has 1 aromatic carbocycles. The molecular formula is C19H26N4O. The Morgan fingerprint density at radius 1 is 1.29 bits per heavy atom. The molecule has 2 aromatic rings. The van der Waals surface area contributed by atoms with Crippen LogP contribution in [0.15, 0.2) is 36.7 Å². The Kier molecular flexibility index (Phi) is 5.30. The molecular weight excluding hydrogens is 300 g/mol. The van der Waals surface area contributed by atoms with Gasteiger partial charge in [-0.3, -0.25) is 14.4 Å². The average molecular weight is 326 g/mol. The number of aromatic nitrogens is 2. The van der Waals surface area contributed by atoms with E-state index in [1.54, 1.807) is 0 Å². The highest BCUT2D eigenvalue weighted by Gasteiger charge is 2.21. The first-order valence-corrected chi connectivity index (χ1v) is 8.67. The Morgan fingerprint density at radius 3 is 2.75 bits per heavy atom. The van der Waals surface area contributed by atoms with E-state index in [0.717, 1.165) is 43.7 Å². The standard InChI is InChI=1S/C19H26N4O/c1-15-4-5-18(16(2)12-15)21-19(24)14-22-10-6-17(7-11-22)13-23-9-3-8-20-23/h3-5,8-9,12,17H,6-7,10-11,13-14H2,1-2H3,(H,21,24). The van der Waals surface area contributed by atoms with Gasteiger partial charge in [0.25, 0.3) is 0 Å². The number of nitrogens with one attached hydrogen (secondary N) is 1. The van der Waals surface area contributed by atoms with E-state index in [4.69, 9.17) is 0 Å². The SMILES string of the molecule is Cc1ccc(NC(=O)CN2CCC(Cn3cccn3)CC2)c(C)c1. The number of amides is 1. The van der Waals surface area contributed by atoms with Crippen molar-refractivity contribution in [2.45, 2.75) is 33.2 Å². The molecule has 1 aromatic heterocycles. The van der Waals surface area contributed by atoms with Gasteiger partial charge in [0, 0.05) is 24.6 Å². The summed E-state index contributed by atoms with van der Waals surface area (Å²) in [5.41, 5.74) is 3.24. The number of hydrogen-bond acceptors (Lipinski definition) is 3. The highest BCUT2D eigenvalue weighted by molar-refractivity contribution is 5.93. The molecule has 5 heteroatoms. The topological polar surface area (TPSA) is 50.2 Å². The summed E-state index contributed by atoms with van der Waals surface area (Å²) in [7, 11) is 0. The summed E-state index contributed by atoms with van der Waals surface area (Å²) in [5, 5.41) is 7.32. The lowest BCUT2D eigenvalue weighted by molar-refractivity contribution is -0.117. The van der Waals surface area contributed by atoms with Crippen molar-refractivity contribution < 1.29 is 4.79 Å². The molecule has 1 aliphatic rings. The van der Waals surface area contributed by atoms with Gasteiger partial charge in [-0.05, 0) is 63.4 Å². The van der Waals surface area contributed by atoms with Gasteiger partial charge in [0.1, 0.15) is 0 Å². The van der Waals surface area contributed by atoms with E-state index in [1.807, 2.05) is 42.2 Å². The minimum absolute atomic E-state index is 0.0764. The number of nitrogens with zero attached hydrogens (tertiary/aromatic N) is 3. The van der Waals surface area contributed by atoms with Crippen molar-refractivity contribution in [2.75, 3.05) is 25.0 Å². The highest BCUT2D eigenvalue weighted by atomic mass is 16.2. The highest BCUT2D eigenvalue weighted by Crippen LogP contribution is 2.19. The lowest BCUT2D eigenvalue weighted by atomic mass is 9.97. The van der Waals surface area contributed by atoms with E-state index < -0.39 is 0 Å². The molecule has 0 atom stereocenters. The number of carbonyl (C=O) groups excluding carboxylic acids is 1. The molecule has 2 heterocycles. The number of anilines is 1. The maximum Gasteiger partial charge on any atom is 0.238 e. The summed E-state index contributed by atoms with van der Waals surface area (Å²) in [5.74, 6) is 0.732. The van der Waals surface area contributed by atoms with Crippen LogP contribution in [0.25, 0.3) is 0 Å². The third-order valence-corrected chi connectivity index (χ3v) is 4.73. The first-order chi connectivity index (χ1) is 11.6. The summed E-state index contributed by atoms with van der Waals surface area (Å²) in [6, 6.07) is 8.07. The lowest BCUT2D eigenvalue weighted by Crippen LogP contribution is -2.40. The summed E-state index contributed by atoms with van der Waals surface area (Å²) in [4.78, 5) is 14.5. The van der Waals surface area contributed by atoms with Gasteiger partial charge in [0.2, 0.25) is 5.91 Å². The predicted molar refractivity (Wildman–Crippen MR) is 95.9 cm³/mol. The summed E-state index contributed by atoms with van der Waals surface area (Å²) in [6.07, 6.45) is 6.09. The van der Waals surface area contributed by atoms with Crippen molar-refractivity contribution in [3.63, 3.8) is 0 Å². The Labute approximate surface area is 143 Å². The number of benzene rings is 1. The molecule has 1 N–H and O–H groups in total. The van der Waals surface area contributed by atoms with Crippen molar-refractivity contribution in [3.8, 4) is 0 Å². The third kappa shape index (κ3) is 4.45. The van der Waals surface area contributed by atoms with Gasteiger partial charge in [-0.2, -0.15) is 5.10 Å². The molecule has 0 bridgehead atoms. The second-order valence-electron chi connectivity index (χ2n) is 6.81. The Balaban J connectivity index is 1.44. The molecule has 24 heavy (non-hydrogen) atoms. The minimum Gasteiger partial charge on any atom is -0.325 e. The van der Waals surface area contributed by atoms with Gasteiger partial charge in [-0.25, -0.2) is 0 Å². The first kappa shape index (κ1) is 16.7. The average Bonchev–Trinajstić information content (AvgIpc) is 3.05. The second-order valence-corrected chi connectivity index (χ2v) is 6.81. The van der Waals surface area contributed by atoms with Gasteiger partial charge in [-0.15, -0.1) is 0 Å². The Hall–Kier alpha value is -2.14. The molecule has 128 valence electrons. The number of rotatable bonds is 5. The fraction of sp³-hybridized carbons (Fsp3) is 0.474. The second kappa shape index (κ2) is 7.62. The van der Waals surface area contributed by atoms with E-state index in [9.17, 15) is 4.79 Å². The monoisotopic (exact) mass is 326 g/mol. The van der Waals surface area contributed by atoms with Crippen LogP contribution in [0.5, 0.6) is 0 Å². The smallest absolute Gasteiger partial charge is 0.238 e. The fourth-order valence-corrected chi connectivity index (χ4v) is 3.35. The summed E-state index contributed by atoms with van der Waals surface area (Å²) < 4.78 is 2.01. The van der Waals surface area contributed by atoms with Crippen LogP contribution in [0.3, 0.4) is 0 Å². The quantitative estimate of drug-likeness (QED) is 0.919. The van der Waals surface area contributed by atoms with Gasteiger partial charge in [0.15, 0.2) is 0 Å².